The quantitative estimate of drug-likeness (QED) is 0.771. The molecule has 0 bridgehead atoms. The van der Waals surface area contributed by atoms with Crippen LogP contribution in [0.1, 0.15) is 33.1 Å². The summed E-state index contributed by atoms with van der Waals surface area (Å²) in [7, 11) is 0. The number of hydrogen-bond acceptors (Lipinski definition) is 4. The Hall–Kier alpha value is -0.160. The van der Waals surface area contributed by atoms with Crippen molar-refractivity contribution in [1.29, 1.82) is 0 Å². The van der Waals surface area contributed by atoms with Crippen LogP contribution in [0.15, 0.2) is 0 Å². The average molecular weight is 255 g/mol. The molecule has 3 N–H and O–H groups in total. The van der Waals surface area contributed by atoms with Gasteiger partial charge in [0.1, 0.15) is 0 Å². The lowest BCUT2D eigenvalue weighted by atomic mass is 9.95. The first-order chi connectivity index (χ1) is 8.56. The van der Waals surface area contributed by atoms with Crippen molar-refractivity contribution >= 4 is 0 Å². The van der Waals surface area contributed by atoms with Crippen LogP contribution in [0.25, 0.3) is 0 Å². The maximum Gasteiger partial charge on any atom is 0.0590 e. The van der Waals surface area contributed by atoms with Gasteiger partial charge in [0.15, 0.2) is 0 Å². The maximum atomic E-state index is 9.78. The van der Waals surface area contributed by atoms with E-state index in [1.807, 2.05) is 0 Å². The Balaban J connectivity index is 1.76. The summed E-state index contributed by atoms with van der Waals surface area (Å²) < 4.78 is 0. The van der Waals surface area contributed by atoms with E-state index in [1.54, 1.807) is 0 Å². The first-order valence-corrected chi connectivity index (χ1v) is 7.46. The fraction of sp³-hybridized carbons (Fsp3) is 1.00. The third-order valence-electron chi connectivity index (χ3n) is 4.67. The topological polar surface area (TPSA) is 52.7 Å². The first-order valence-electron chi connectivity index (χ1n) is 7.46. The molecule has 106 valence electrons. The van der Waals surface area contributed by atoms with Crippen molar-refractivity contribution in [2.75, 3.05) is 32.7 Å². The van der Waals surface area contributed by atoms with Gasteiger partial charge in [-0.05, 0) is 45.2 Å². The van der Waals surface area contributed by atoms with Gasteiger partial charge in [0, 0.05) is 31.7 Å². The molecule has 0 amide bonds. The molecule has 0 unspecified atom stereocenters. The molecule has 2 fully saturated rings. The van der Waals surface area contributed by atoms with Crippen molar-refractivity contribution in [2.45, 2.75) is 51.3 Å². The molecule has 2 rings (SSSR count). The van der Waals surface area contributed by atoms with E-state index in [0.717, 1.165) is 52.0 Å². The molecule has 2 aliphatic rings. The monoisotopic (exact) mass is 255 g/mol. The zero-order chi connectivity index (χ0) is 13.1. The van der Waals surface area contributed by atoms with Gasteiger partial charge in [0.05, 0.1) is 6.10 Å². The van der Waals surface area contributed by atoms with Crippen molar-refractivity contribution < 1.29 is 5.11 Å². The predicted octanol–water partition coefficient (Wildman–Crippen LogP) is 0.501. The Morgan fingerprint density at radius 2 is 1.89 bits per heavy atom. The number of likely N-dealkylation sites (tertiary alicyclic amines) is 2. The van der Waals surface area contributed by atoms with E-state index in [4.69, 9.17) is 5.73 Å². The lowest BCUT2D eigenvalue weighted by Crippen LogP contribution is -2.51. The zero-order valence-electron chi connectivity index (χ0n) is 11.9. The fourth-order valence-electron chi connectivity index (χ4n) is 3.19. The second kappa shape index (κ2) is 6.33. The smallest absolute Gasteiger partial charge is 0.0590 e. The number of hydrogen-bond donors (Lipinski definition) is 2. The minimum atomic E-state index is -0.0959. The Kier molecular flexibility index (Phi) is 5.01. The van der Waals surface area contributed by atoms with Crippen molar-refractivity contribution in [1.82, 2.24) is 9.80 Å². The molecule has 3 atom stereocenters. The number of nitrogens with zero attached hydrogens (tertiary/aromatic N) is 2. The molecule has 0 saturated carbocycles. The molecule has 0 radical (unpaired) electrons. The van der Waals surface area contributed by atoms with Crippen molar-refractivity contribution in [2.24, 2.45) is 11.7 Å². The van der Waals surface area contributed by atoms with Crippen molar-refractivity contribution in [3.05, 3.63) is 0 Å². The molecule has 0 spiro atoms. The van der Waals surface area contributed by atoms with E-state index in [1.165, 1.54) is 0 Å². The molecule has 0 aromatic rings. The molecule has 18 heavy (non-hydrogen) atoms. The van der Waals surface area contributed by atoms with Gasteiger partial charge in [-0.15, -0.1) is 0 Å². The van der Waals surface area contributed by atoms with Crippen LogP contribution < -0.4 is 5.73 Å². The minimum Gasteiger partial charge on any atom is -0.393 e. The molecule has 0 aromatic heterocycles. The van der Waals surface area contributed by atoms with Crippen LogP contribution in [-0.4, -0.2) is 65.8 Å². The summed E-state index contributed by atoms with van der Waals surface area (Å²) in [4.78, 5) is 5.08. The molecule has 2 heterocycles. The lowest BCUT2D eigenvalue weighted by molar-refractivity contribution is 0.0119. The number of aliphatic hydroxyl groups is 1. The molecule has 2 saturated heterocycles. The summed E-state index contributed by atoms with van der Waals surface area (Å²) in [5.74, 6) is 0.413. The minimum absolute atomic E-state index is 0.0959. The molecule has 0 aromatic carbocycles. The average Bonchev–Trinajstić information content (AvgIpc) is 2.35. The van der Waals surface area contributed by atoms with Gasteiger partial charge in [0.25, 0.3) is 0 Å². The highest BCUT2D eigenvalue weighted by atomic mass is 16.3. The summed E-state index contributed by atoms with van der Waals surface area (Å²) in [6, 6.07) is 1.01. The van der Waals surface area contributed by atoms with Crippen molar-refractivity contribution in [3.63, 3.8) is 0 Å². The van der Waals surface area contributed by atoms with Crippen LogP contribution in [0.3, 0.4) is 0 Å². The number of rotatable bonds is 3. The molecular weight excluding hydrogens is 226 g/mol. The zero-order valence-corrected chi connectivity index (χ0v) is 11.9. The van der Waals surface area contributed by atoms with E-state index in [9.17, 15) is 5.11 Å². The third kappa shape index (κ3) is 3.67. The van der Waals surface area contributed by atoms with E-state index >= 15 is 0 Å². The van der Waals surface area contributed by atoms with Gasteiger partial charge in [-0.3, -0.25) is 4.90 Å². The highest BCUT2D eigenvalue weighted by Crippen LogP contribution is 2.19. The fourth-order valence-corrected chi connectivity index (χ4v) is 3.19. The third-order valence-corrected chi connectivity index (χ3v) is 4.67. The maximum absolute atomic E-state index is 9.78. The van der Waals surface area contributed by atoms with E-state index in [2.05, 4.69) is 23.6 Å². The summed E-state index contributed by atoms with van der Waals surface area (Å²) in [6.07, 6.45) is 3.11. The normalized spacial score (nSPS) is 34.7. The van der Waals surface area contributed by atoms with Crippen LogP contribution in [0.5, 0.6) is 0 Å². The van der Waals surface area contributed by atoms with E-state index in [-0.39, 0.29) is 6.10 Å². The van der Waals surface area contributed by atoms with Crippen LogP contribution >= 0.6 is 0 Å². The second-order valence-electron chi connectivity index (χ2n) is 6.32. The summed E-state index contributed by atoms with van der Waals surface area (Å²) in [5, 5.41) is 9.78. The van der Waals surface area contributed by atoms with E-state index in [0.29, 0.717) is 18.0 Å². The SMILES string of the molecule is C[C@H]1CN([C@@H](C)CN2CCC(N)CC2)CC[C@@H]1O. The Morgan fingerprint density at radius 3 is 2.50 bits per heavy atom. The Morgan fingerprint density at radius 1 is 1.22 bits per heavy atom. The second-order valence-corrected chi connectivity index (χ2v) is 6.32. The van der Waals surface area contributed by atoms with Crippen LogP contribution in [-0.2, 0) is 0 Å². The number of aliphatic hydroxyl groups excluding tert-OH is 1. The summed E-state index contributed by atoms with van der Waals surface area (Å²) in [6.45, 7) is 10.0. The molecular formula is C14H29N3O. The standard InChI is InChI=1S/C14H29N3O/c1-11-9-17(8-5-14(11)18)12(2)10-16-6-3-13(15)4-7-16/h11-14,18H,3-10,15H2,1-2H3/t11-,12-,14-/m0/s1. The molecule has 4 heteroatoms. The Labute approximate surface area is 111 Å². The molecule has 2 aliphatic heterocycles. The van der Waals surface area contributed by atoms with Gasteiger partial charge in [-0.25, -0.2) is 0 Å². The molecule has 4 nitrogen and oxygen atoms in total. The highest BCUT2D eigenvalue weighted by Gasteiger charge is 2.28. The van der Waals surface area contributed by atoms with E-state index < -0.39 is 0 Å². The van der Waals surface area contributed by atoms with Gasteiger partial charge >= 0.3 is 0 Å². The van der Waals surface area contributed by atoms with Crippen molar-refractivity contribution in [3.8, 4) is 0 Å². The van der Waals surface area contributed by atoms with Gasteiger partial charge in [0.2, 0.25) is 0 Å². The van der Waals surface area contributed by atoms with Crippen LogP contribution in [0.2, 0.25) is 0 Å². The predicted molar refractivity (Wildman–Crippen MR) is 74.5 cm³/mol. The number of piperidine rings is 2. The summed E-state index contributed by atoms with van der Waals surface area (Å²) >= 11 is 0. The highest BCUT2D eigenvalue weighted by molar-refractivity contribution is 4.83. The largest absolute Gasteiger partial charge is 0.393 e. The number of nitrogens with two attached hydrogens (primary N) is 1. The Bertz CT molecular complexity index is 253. The van der Waals surface area contributed by atoms with Gasteiger partial charge in [-0.2, -0.15) is 0 Å². The summed E-state index contributed by atoms with van der Waals surface area (Å²) in [5.41, 5.74) is 5.94. The van der Waals surface area contributed by atoms with Crippen LogP contribution in [0, 0.1) is 5.92 Å². The van der Waals surface area contributed by atoms with Gasteiger partial charge in [-0.1, -0.05) is 6.92 Å². The van der Waals surface area contributed by atoms with Gasteiger partial charge < -0.3 is 15.7 Å². The lowest BCUT2D eigenvalue weighted by Gasteiger charge is -2.41. The first kappa shape index (κ1) is 14.3. The molecule has 0 aliphatic carbocycles. The van der Waals surface area contributed by atoms with Crippen LogP contribution in [0.4, 0.5) is 0 Å².